The van der Waals surface area contributed by atoms with Crippen LogP contribution in [0.15, 0.2) is 18.2 Å². The van der Waals surface area contributed by atoms with E-state index in [2.05, 4.69) is 21.3 Å². The minimum absolute atomic E-state index is 0.201. The number of benzene rings is 1. The molecule has 1 aromatic rings. The molecule has 0 aliphatic heterocycles. The van der Waals surface area contributed by atoms with Crippen LogP contribution in [0, 0.1) is 18.8 Å². The molecule has 5 nitrogen and oxygen atoms in total. The van der Waals surface area contributed by atoms with Crippen LogP contribution < -0.4 is 9.44 Å². The van der Waals surface area contributed by atoms with Crippen molar-refractivity contribution in [3.05, 3.63) is 29.3 Å². The first-order valence-corrected chi connectivity index (χ1v) is 6.94. The van der Waals surface area contributed by atoms with Gasteiger partial charge in [0.05, 0.1) is 5.69 Å². The van der Waals surface area contributed by atoms with E-state index in [1.54, 1.807) is 32.0 Å². The molecule has 0 radical (unpaired) electrons. The highest BCUT2D eigenvalue weighted by atomic mass is 32.2. The molecule has 0 aliphatic rings. The van der Waals surface area contributed by atoms with E-state index in [1.165, 1.54) is 0 Å². The Balaban J connectivity index is 2.93. The van der Waals surface area contributed by atoms with Gasteiger partial charge in [-0.2, -0.15) is 13.1 Å². The lowest BCUT2D eigenvalue weighted by atomic mass is 10.1. The summed E-state index contributed by atoms with van der Waals surface area (Å²) >= 11 is 0. The Labute approximate surface area is 107 Å². The van der Waals surface area contributed by atoms with E-state index in [1.807, 2.05) is 0 Å². The Morgan fingerprint density at radius 3 is 2.67 bits per heavy atom. The zero-order valence-electron chi connectivity index (χ0n) is 10.3. The third-order valence-electron chi connectivity index (χ3n) is 2.12. The van der Waals surface area contributed by atoms with Crippen molar-refractivity contribution in [1.82, 2.24) is 4.72 Å². The van der Waals surface area contributed by atoms with Gasteiger partial charge in [0.15, 0.2) is 0 Å². The highest BCUT2D eigenvalue weighted by molar-refractivity contribution is 7.90. The van der Waals surface area contributed by atoms with Gasteiger partial charge in [0.2, 0.25) is 0 Å². The van der Waals surface area contributed by atoms with Gasteiger partial charge in [-0.25, -0.2) is 0 Å². The Kier molecular flexibility index (Phi) is 5.16. The van der Waals surface area contributed by atoms with Gasteiger partial charge in [0, 0.05) is 12.1 Å². The van der Waals surface area contributed by atoms with Gasteiger partial charge < -0.3 is 5.11 Å². The Morgan fingerprint density at radius 1 is 1.39 bits per heavy atom. The lowest BCUT2D eigenvalue weighted by Crippen LogP contribution is -2.30. The Hall–Kier alpha value is -1.55. The highest BCUT2D eigenvalue weighted by Crippen LogP contribution is 2.16. The zero-order valence-corrected chi connectivity index (χ0v) is 11.1. The number of rotatable bonds is 4. The first kappa shape index (κ1) is 14.5. The molecule has 0 saturated heterocycles. The molecule has 1 rings (SSSR count). The second-order valence-corrected chi connectivity index (χ2v) is 5.09. The summed E-state index contributed by atoms with van der Waals surface area (Å²) in [6.45, 7) is 3.62. The van der Waals surface area contributed by atoms with Gasteiger partial charge in [0.25, 0.3) is 10.2 Å². The van der Waals surface area contributed by atoms with Gasteiger partial charge in [-0.15, -0.1) is 0 Å². The lowest BCUT2D eigenvalue weighted by Gasteiger charge is -2.10. The fourth-order valence-electron chi connectivity index (χ4n) is 1.37. The molecule has 1 aromatic carbocycles. The minimum Gasteiger partial charge on any atom is -0.384 e. The smallest absolute Gasteiger partial charge is 0.299 e. The Morgan fingerprint density at radius 2 is 2.11 bits per heavy atom. The second kappa shape index (κ2) is 6.40. The summed E-state index contributed by atoms with van der Waals surface area (Å²) in [6.07, 6.45) is 0. The predicted octanol–water partition coefficient (Wildman–Crippen LogP) is 0.605. The van der Waals surface area contributed by atoms with E-state index in [0.29, 0.717) is 12.2 Å². The lowest BCUT2D eigenvalue weighted by molar-refractivity contribution is 0.350. The summed E-state index contributed by atoms with van der Waals surface area (Å²) in [7, 11) is -3.51. The maximum Gasteiger partial charge on any atom is 0.299 e. The van der Waals surface area contributed by atoms with Crippen molar-refractivity contribution in [1.29, 1.82) is 0 Å². The first-order valence-electron chi connectivity index (χ1n) is 5.46. The van der Waals surface area contributed by atoms with Crippen molar-refractivity contribution in [2.45, 2.75) is 13.8 Å². The summed E-state index contributed by atoms with van der Waals surface area (Å²) in [5.74, 6) is 5.29. The quantitative estimate of drug-likeness (QED) is 0.700. The number of aliphatic hydroxyl groups excluding tert-OH is 1. The number of aryl methyl sites for hydroxylation is 1. The molecular weight excluding hydrogens is 252 g/mol. The van der Waals surface area contributed by atoms with Crippen LogP contribution >= 0.6 is 0 Å². The van der Waals surface area contributed by atoms with Crippen LogP contribution in [0.5, 0.6) is 0 Å². The standard InChI is InChI=1S/C12H16N2O3S/c1-3-13-18(16,17)14-12-7-6-11(5-4-8-15)9-10(12)2/h6-7,9,13-15H,3,8H2,1-2H3. The molecule has 3 N–H and O–H groups in total. The number of aliphatic hydroxyl groups is 1. The van der Waals surface area contributed by atoms with Crippen LogP contribution in [0.1, 0.15) is 18.1 Å². The molecule has 18 heavy (non-hydrogen) atoms. The molecule has 0 saturated carbocycles. The fourth-order valence-corrected chi connectivity index (χ4v) is 2.34. The molecule has 98 valence electrons. The monoisotopic (exact) mass is 268 g/mol. The van der Waals surface area contributed by atoms with Crippen LogP contribution in [0.2, 0.25) is 0 Å². The van der Waals surface area contributed by atoms with E-state index in [-0.39, 0.29) is 6.61 Å². The van der Waals surface area contributed by atoms with Crippen LogP contribution in [0.25, 0.3) is 0 Å². The number of nitrogens with one attached hydrogen (secondary N) is 2. The minimum atomic E-state index is -3.51. The van der Waals surface area contributed by atoms with Gasteiger partial charge >= 0.3 is 0 Å². The van der Waals surface area contributed by atoms with E-state index in [0.717, 1.165) is 11.1 Å². The van der Waals surface area contributed by atoms with Crippen molar-refractivity contribution in [2.24, 2.45) is 0 Å². The van der Waals surface area contributed by atoms with Crippen LogP contribution in [-0.2, 0) is 10.2 Å². The molecule has 0 aliphatic carbocycles. The summed E-state index contributed by atoms with van der Waals surface area (Å²) in [6, 6.07) is 5.09. The second-order valence-electron chi connectivity index (χ2n) is 3.59. The Bertz CT molecular complexity index is 571. The summed E-state index contributed by atoms with van der Waals surface area (Å²) in [5, 5.41) is 8.59. The number of anilines is 1. The number of hydrogen-bond acceptors (Lipinski definition) is 3. The van der Waals surface area contributed by atoms with Crippen LogP contribution in [0.4, 0.5) is 5.69 Å². The van der Waals surface area contributed by atoms with Crippen molar-refractivity contribution >= 4 is 15.9 Å². The van der Waals surface area contributed by atoms with Gasteiger partial charge in [-0.05, 0) is 30.7 Å². The molecule has 0 bridgehead atoms. The van der Waals surface area contributed by atoms with Gasteiger partial charge in [0.1, 0.15) is 6.61 Å². The molecule has 0 atom stereocenters. The molecule has 0 spiro atoms. The SMILES string of the molecule is CCNS(=O)(=O)Nc1ccc(C#CCO)cc1C. The largest absolute Gasteiger partial charge is 0.384 e. The van der Waals surface area contributed by atoms with Crippen molar-refractivity contribution in [3.8, 4) is 11.8 Å². The normalized spacial score (nSPS) is 10.6. The predicted molar refractivity (Wildman–Crippen MR) is 71.4 cm³/mol. The fraction of sp³-hybridized carbons (Fsp3) is 0.333. The third kappa shape index (κ3) is 4.37. The van der Waals surface area contributed by atoms with Crippen LogP contribution in [0.3, 0.4) is 0 Å². The van der Waals surface area contributed by atoms with E-state index < -0.39 is 10.2 Å². The van der Waals surface area contributed by atoms with E-state index in [9.17, 15) is 8.42 Å². The average Bonchev–Trinajstić information content (AvgIpc) is 2.29. The van der Waals surface area contributed by atoms with E-state index in [4.69, 9.17) is 5.11 Å². The molecule has 0 unspecified atom stereocenters. The summed E-state index contributed by atoms with van der Waals surface area (Å²) in [5.41, 5.74) is 2.00. The van der Waals surface area contributed by atoms with Crippen molar-refractivity contribution in [2.75, 3.05) is 17.9 Å². The maximum absolute atomic E-state index is 11.5. The molecule has 6 heteroatoms. The summed E-state index contributed by atoms with van der Waals surface area (Å²) < 4.78 is 27.8. The van der Waals surface area contributed by atoms with E-state index >= 15 is 0 Å². The first-order chi connectivity index (χ1) is 8.48. The molecule has 0 fully saturated rings. The maximum atomic E-state index is 11.5. The topological polar surface area (TPSA) is 78.4 Å². The van der Waals surface area contributed by atoms with Crippen molar-refractivity contribution < 1.29 is 13.5 Å². The van der Waals surface area contributed by atoms with Crippen LogP contribution in [-0.4, -0.2) is 26.7 Å². The van der Waals surface area contributed by atoms with Gasteiger partial charge in [-0.3, -0.25) is 4.72 Å². The molecule has 0 heterocycles. The highest BCUT2D eigenvalue weighted by Gasteiger charge is 2.09. The van der Waals surface area contributed by atoms with Gasteiger partial charge in [-0.1, -0.05) is 18.8 Å². The average molecular weight is 268 g/mol. The zero-order chi connectivity index (χ0) is 13.6. The molecule has 0 aromatic heterocycles. The number of hydrogen-bond donors (Lipinski definition) is 3. The molecular formula is C12H16N2O3S. The summed E-state index contributed by atoms with van der Waals surface area (Å²) in [4.78, 5) is 0. The third-order valence-corrected chi connectivity index (χ3v) is 3.27. The molecule has 0 amide bonds. The van der Waals surface area contributed by atoms with Crippen molar-refractivity contribution in [3.63, 3.8) is 0 Å².